The Kier molecular flexibility index (Phi) is 65.4. The first-order chi connectivity index (χ1) is 42.9. The third-order valence-electron chi connectivity index (χ3n) is 16.9. The first kappa shape index (κ1) is 85.5. The maximum absolute atomic E-state index is 13.6. The summed E-state index contributed by atoms with van der Waals surface area (Å²) in [5, 5.41) is 3.05. The molecule has 1 amide bonds. The largest absolute Gasteiger partial charge is 0.756 e. The van der Waals surface area contributed by atoms with Crippen molar-refractivity contribution in [2.24, 2.45) is 0 Å². The number of likely N-dealkylation sites (N-methyl/N-ethyl adjacent to an activating group) is 1. The van der Waals surface area contributed by atoms with E-state index in [0.717, 1.165) is 103 Å². The van der Waals surface area contributed by atoms with E-state index in [1.807, 2.05) is 33.3 Å². The lowest BCUT2D eigenvalue weighted by atomic mass is 10.0. The van der Waals surface area contributed by atoms with Crippen LogP contribution in [0, 0.1) is 0 Å². The molecule has 0 aliphatic heterocycles. The molecule has 0 spiro atoms. The molecular weight excluding hydrogens is 1110 g/mol. The summed E-state index contributed by atoms with van der Waals surface area (Å²) in [6, 6.07) is -0.895. The second kappa shape index (κ2) is 67.3. The molecule has 0 aliphatic rings. The lowest BCUT2D eigenvalue weighted by Crippen LogP contribution is -2.47. The van der Waals surface area contributed by atoms with Gasteiger partial charge in [0, 0.05) is 12.8 Å². The minimum Gasteiger partial charge on any atom is -0.756 e. The number of nitrogens with one attached hydrogen (secondary N) is 1. The molecule has 0 saturated carbocycles. The molecule has 9 nitrogen and oxygen atoms in total. The molecule has 0 aliphatic carbocycles. The molecule has 1 N–H and O–H groups in total. The van der Waals surface area contributed by atoms with Gasteiger partial charge in [0.1, 0.15) is 19.3 Å². The topological polar surface area (TPSA) is 114 Å². The highest BCUT2D eigenvalue weighted by atomic mass is 31.2. The van der Waals surface area contributed by atoms with E-state index in [1.54, 1.807) is 0 Å². The van der Waals surface area contributed by atoms with E-state index in [0.29, 0.717) is 17.4 Å². The van der Waals surface area contributed by atoms with Crippen LogP contribution in [0.5, 0.6) is 0 Å². The number of carbonyl (C=O) groups excluding carboxylic acids is 2. The number of esters is 1. The van der Waals surface area contributed by atoms with Crippen LogP contribution in [0.15, 0.2) is 72.9 Å². The highest BCUT2D eigenvalue weighted by Gasteiger charge is 2.27. The number of phosphoric ester groups is 1. The Morgan fingerprint density at radius 1 is 0.409 bits per heavy atom. The van der Waals surface area contributed by atoms with Gasteiger partial charge < -0.3 is 28.5 Å². The quantitative estimate of drug-likeness (QED) is 0.0212. The summed E-state index contributed by atoms with van der Waals surface area (Å²) in [6.07, 6.45) is 89.0. The Morgan fingerprint density at radius 2 is 0.727 bits per heavy atom. The van der Waals surface area contributed by atoms with Gasteiger partial charge in [-0.3, -0.25) is 14.2 Å². The van der Waals surface area contributed by atoms with Gasteiger partial charge in [0.25, 0.3) is 7.82 Å². The zero-order valence-corrected chi connectivity index (χ0v) is 59.8. The molecule has 0 aromatic rings. The Morgan fingerprint density at radius 3 is 1.09 bits per heavy atom. The van der Waals surface area contributed by atoms with Crippen LogP contribution < -0.4 is 10.2 Å². The van der Waals surface area contributed by atoms with Crippen molar-refractivity contribution in [1.82, 2.24) is 5.32 Å². The number of amides is 1. The number of hydrogen-bond acceptors (Lipinski definition) is 7. The second-order valence-electron chi connectivity index (χ2n) is 26.8. The smallest absolute Gasteiger partial charge is 0.306 e. The fourth-order valence-electron chi connectivity index (χ4n) is 11.1. The number of ether oxygens (including phenoxy) is 1. The third kappa shape index (κ3) is 67.8. The molecule has 10 heteroatoms. The molecule has 0 saturated heterocycles. The summed E-state index contributed by atoms with van der Waals surface area (Å²) in [4.78, 5) is 40.3. The monoisotopic (exact) mass is 1250 g/mol. The fourth-order valence-corrected chi connectivity index (χ4v) is 11.9. The number of quaternary nitrogens is 1. The van der Waals surface area contributed by atoms with Crippen LogP contribution in [-0.4, -0.2) is 69.4 Å². The van der Waals surface area contributed by atoms with Gasteiger partial charge in [-0.05, 0) is 76.7 Å². The second-order valence-corrected chi connectivity index (χ2v) is 28.2. The molecule has 0 aromatic heterocycles. The van der Waals surface area contributed by atoms with Gasteiger partial charge in [-0.25, -0.2) is 0 Å². The van der Waals surface area contributed by atoms with E-state index in [9.17, 15) is 19.0 Å². The predicted molar refractivity (Wildman–Crippen MR) is 381 cm³/mol. The SMILES string of the molecule is CC/C=C\C/C=C\C/C=C\C/C=C\C/C=C\CCCCCCCCCC(=O)OC(/C=C/CCCCCCCCCCCC)C(COP(=O)([O-])OCC[N+](C)(C)C)NC(=O)CCCCCCCCCCCCCCCCCCCCCCCCCCCCC. The Labute approximate surface area is 546 Å². The van der Waals surface area contributed by atoms with Crippen molar-refractivity contribution < 1.29 is 37.3 Å². The van der Waals surface area contributed by atoms with Gasteiger partial charge in [-0.2, -0.15) is 0 Å². The minimum atomic E-state index is -4.71. The molecule has 0 rings (SSSR count). The number of rotatable bonds is 69. The van der Waals surface area contributed by atoms with E-state index in [4.69, 9.17) is 13.8 Å². The molecule has 88 heavy (non-hydrogen) atoms. The average molecular weight is 1250 g/mol. The lowest BCUT2D eigenvalue weighted by molar-refractivity contribution is -0.870. The molecule has 3 unspecified atom stereocenters. The molecule has 0 radical (unpaired) electrons. The Balaban J connectivity index is 4.98. The van der Waals surface area contributed by atoms with E-state index >= 15 is 0 Å². The van der Waals surface area contributed by atoms with Crippen molar-refractivity contribution in [2.45, 2.75) is 373 Å². The zero-order valence-electron chi connectivity index (χ0n) is 58.9. The van der Waals surface area contributed by atoms with Gasteiger partial charge in [-0.1, -0.05) is 344 Å². The summed E-state index contributed by atoms with van der Waals surface area (Å²) in [7, 11) is 1.19. The first-order valence-corrected chi connectivity index (χ1v) is 39.2. The summed E-state index contributed by atoms with van der Waals surface area (Å²) in [5.41, 5.74) is 0. The first-order valence-electron chi connectivity index (χ1n) is 37.7. The van der Waals surface area contributed by atoms with Crippen LogP contribution >= 0.6 is 7.82 Å². The van der Waals surface area contributed by atoms with Gasteiger partial charge in [0.05, 0.1) is 33.8 Å². The average Bonchev–Trinajstić information content (AvgIpc) is 3.71. The van der Waals surface area contributed by atoms with Crippen molar-refractivity contribution >= 4 is 19.7 Å². The van der Waals surface area contributed by atoms with Gasteiger partial charge in [0.15, 0.2) is 0 Å². The van der Waals surface area contributed by atoms with Crippen molar-refractivity contribution in [1.29, 1.82) is 0 Å². The van der Waals surface area contributed by atoms with Gasteiger partial charge >= 0.3 is 5.97 Å². The Hall–Kier alpha value is -2.55. The number of carbonyl (C=O) groups is 2. The van der Waals surface area contributed by atoms with Crippen LogP contribution in [0.2, 0.25) is 0 Å². The van der Waals surface area contributed by atoms with Gasteiger partial charge in [0.2, 0.25) is 5.91 Å². The predicted octanol–water partition coefficient (Wildman–Crippen LogP) is 23.7. The van der Waals surface area contributed by atoms with E-state index in [1.165, 1.54) is 225 Å². The summed E-state index contributed by atoms with van der Waals surface area (Å²) < 4.78 is 30.5. The molecule has 0 bridgehead atoms. The highest BCUT2D eigenvalue weighted by Crippen LogP contribution is 2.38. The van der Waals surface area contributed by atoms with Crippen molar-refractivity contribution in [2.75, 3.05) is 40.9 Å². The summed E-state index contributed by atoms with van der Waals surface area (Å²) >= 11 is 0. The van der Waals surface area contributed by atoms with Crippen LogP contribution in [0.1, 0.15) is 361 Å². The normalized spacial score (nSPS) is 13.9. The summed E-state index contributed by atoms with van der Waals surface area (Å²) in [5.74, 6) is -0.540. The van der Waals surface area contributed by atoms with Crippen LogP contribution in [0.25, 0.3) is 0 Å². The van der Waals surface area contributed by atoms with Crippen LogP contribution in [-0.2, 0) is 27.9 Å². The lowest BCUT2D eigenvalue weighted by Gasteiger charge is -2.30. The number of allylic oxidation sites excluding steroid dienone is 11. The van der Waals surface area contributed by atoms with E-state index in [2.05, 4.69) is 86.8 Å². The fraction of sp³-hybridized carbons (Fsp3) is 0.821. The zero-order chi connectivity index (χ0) is 64.2. The van der Waals surface area contributed by atoms with Crippen molar-refractivity contribution in [3.63, 3.8) is 0 Å². The third-order valence-corrected chi connectivity index (χ3v) is 17.9. The molecule has 0 aromatic carbocycles. The van der Waals surface area contributed by atoms with Crippen molar-refractivity contribution in [3.05, 3.63) is 72.9 Å². The number of phosphoric acid groups is 1. The maximum atomic E-state index is 13.6. The van der Waals surface area contributed by atoms with Crippen LogP contribution in [0.4, 0.5) is 0 Å². The van der Waals surface area contributed by atoms with Crippen molar-refractivity contribution in [3.8, 4) is 0 Å². The number of hydrogen-bond donors (Lipinski definition) is 1. The standard InChI is InChI=1S/C78H145N2O7P/c1-7-10-13-16-19-22-25-28-30-32-34-36-38-39-40-41-43-44-46-48-50-52-55-58-61-64-67-70-77(81)79-75(74-86-88(83,84)85-73-72-80(4,5)6)76(69-66-63-60-57-54-27-24-21-18-15-12-9-3)87-78(82)71-68-65-62-59-56-53-51-49-47-45-42-37-35-33-31-29-26-23-20-17-14-11-8-2/h11,14,20,23,29,31,35,37,45,47,66,69,75-76H,7-10,12-13,15-19,21-22,24-28,30,32-34,36,38-44,46,48-65,67-68,70-74H2,1-6H3,(H-,79,81,83,84)/b14-11-,23-20-,31-29-,37-35-,47-45-,69-66+. The molecule has 514 valence electrons. The molecule has 0 fully saturated rings. The molecular formula is C78H145N2O7P. The van der Waals surface area contributed by atoms with E-state index < -0.39 is 26.6 Å². The van der Waals surface area contributed by atoms with Crippen LogP contribution in [0.3, 0.4) is 0 Å². The minimum absolute atomic E-state index is 0.0246. The number of unbranched alkanes of at least 4 members (excludes halogenated alkanes) is 43. The summed E-state index contributed by atoms with van der Waals surface area (Å²) in [6.45, 7) is 6.77. The molecule has 3 atom stereocenters. The highest BCUT2D eigenvalue weighted by molar-refractivity contribution is 7.45. The van der Waals surface area contributed by atoms with Gasteiger partial charge in [-0.15, -0.1) is 0 Å². The number of nitrogens with zero attached hydrogens (tertiary/aromatic N) is 1. The Bertz CT molecular complexity index is 1730. The molecule has 0 heterocycles. The van der Waals surface area contributed by atoms with E-state index in [-0.39, 0.29) is 24.9 Å². The maximum Gasteiger partial charge on any atom is 0.306 e.